The highest BCUT2D eigenvalue weighted by Gasteiger charge is 1.75. The third-order valence-electron chi connectivity index (χ3n) is 0.857. The van der Waals surface area contributed by atoms with Crippen LogP contribution in [0.3, 0.4) is 0 Å². The Kier molecular flexibility index (Phi) is 4.04. The summed E-state index contributed by atoms with van der Waals surface area (Å²) in [6, 6.07) is 0. The molecule has 0 spiro atoms. The number of hydrogen-bond donors (Lipinski definition) is 0. The van der Waals surface area contributed by atoms with Crippen LogP contribution >= 0.6 is 0 Å². The molecular weight excluding hydrogens is 100 g/mol. The Hall–Kier alpha value is -0.720. The lowest BCUT2D eigenvalue weighted by molar-refractivity contribution is 0.351. The van der Waals surface area contributed by atoms with Crippen LogP contribution < -0.4 is 0 Å². The molecule has 0 aromatic heterocycles. The fourth-order valence-corrected chi connectivity index (χ4v) is 0.497. The zero-order chi connectivity index (χ0) is 6.41. The maximum atomic E-state index is 9.79. The van der Waals surface area contributed by atoms with E-state index in [1.807, 2.05) is 19.9 Å². The van der Waals surface area contributed by atoms with E-state index in [-0.39, 0.29) is 0 Å². The Bertz CT molecular complexity index is 101. The molecule has 0 amide bonds. The van der Waals surface area contributed by atoms with Gasteiger partial charge in [-0.3, -0.25) is 5.11 Å². The van der Waals surface area contributed by atoms with Gasteiger partial charge in [0.2, 0.25) is 0 Å². The zero-order valence-corrected chi connectivity index (χ0v) is 5.35. The van der Waals surface area contributed by atoms with Gasteiger partial charge >= 0.3 is 0 Å². The van der Waals surface area contributed by atoms with Gasteiger partial charge in [0.05, 0.1) is 0 Å². The summed E-state index contributed by atoms with van der Waals surface area (Å²) in [6.07, 6.45) is 5.37. The van der Waals surface area contributed by atoms with Crippen LogP contribution in [0.5, 0.6) is 0 Å². The molecule has 0 N–H and O–H groups in total. The van der Waals surface area contributed by atoms with Crippen molar-refractivity contribution in [2.24, 2.45) is 0 Å². The molecule has 0 aliphatic rings. The first-order chi connectivity index (χ1) is 3.81. The molecular formula is C7H11O. The van der Waals surface area contributed by atoms with E-state index < -0.39 is 0 Å². The Morgan fingerprint density at radius 3 is 2.62 bits per heavy atom. The van der Waals surface area contributed by atoms with E-state index in [9.17, 15) is 5.11 Å². The largest absolute Gasteiger partial charge is 0.299 e. The molecule has 0 rings (SSSR count). The molecule has 0 aromatic rings. The summed E-state index contributed by atoms with van der Waals surface area (Å²) < 4.78 is 0. The molecule has 8 heavy (non-hydrogen) atoms. The topological polar surface area (TPSA) is 19.9 Å². The first-order valence-electron chi connectivity index (χ1n) is 2.76. The molecule has 0 saturated heterocycles. The summed E-state index contributed by atoms with van der Waals surface area (Å²) in [4.78, 5) is 0. The minimum Gasteiger partial charge on any atom is -0.299 e. The summed E-state index contributed by atoms with van der Waals surface area (Å²) in [6.45, 7) is 3.96. The fraction of sp³-hybridized carbons (Fsp3) is 0.429. The molecule has 0 unspecified atom stereocenters. The minimum atomic E-state index is 0.807. The fourth-order valence-electron chi connectivity index (χ4n) is 0.497. The molecule has 1 nitrogen and oxygen atoms in total. The second-order valence-corrected chi connectivity index (χ2v) is 1.66. The van der Waals surface area contributed by atoms with E-state index in [0.29, 0.717) is 0 Å². The average molecular weight is 111 g/mol. The molecule has 0 heterocycles. The van der Waals surface area contributed by atoms with Crippen LogP contribution in [0.4, 0.5) is 0 Å². The molecule has 1 heteroatoms. The van der Waals surface area contributed by atoms with E-state index in [1.165, 1.54) is 0 Å². The van der Waals surface area contributed by atoms with Crippen molar-refractivity contribution in [3.8, 4) is 0 Å². The molecule has 0 aliphatic heterocycles. The van der Waals surface area contributed by atoms with Gasteiger partial charge < -0.3 is 0 Å². The minimum absolute atomic E-state index is 0.807. The molecule has 45 valence electrons. The number of hydrogen-bond acceptors (Lipinski definition) is 0. The lowest BCUT2D eigenvalue weighted by Gasteiger charge is -1.83. The Balaban J connectivity index is 3.61. The maximum Gasteiger partial charge on any atom is 0.143 e. The van der Waals surface area contributed by atoms with Gasteiger partial charge in [-0.15, -0.1) is 0 Å². The van der Waals surface area contributed by atoms with Crippen molar-refractivity contribution in [2.75, 3.05) is 0 Å². The lowest BCUT2D eigenvalue weighted by atomic mass is 10.2. The molecule has 0 saturated carbocycles. The van der Waals surface area contributed by atoms with Gasteiger partial charge in [0.25, 0.3) is 0 Å². The van der Waals surface area contributed by atoms with Crippen LogP contribution in [0.25, 0.3) is 0 Å². The van der Waals surface area contributed by atoms with E-state index in [0.717, 1.165) is 18.3 Å². The molecule has 0 fully saturated rings. The molecule has 0 atom stereocenters. The van der Waals surface area contributed by atoms with Crippen LogP contribution in [0, 0.1) is 0 Å². The Labute approximate surface area is 50.3 Å². The lowest BCUT2D eigenvalue weighted by Crippen LogP contribution is -1.64. The molecule has 1 radical (unpaired) electrons. The third-order valence-corrected chi connectivity index (χ3v) is 0.857. The summed E-state index contributed by atoms with van der Waals surface area (Å²) in [5, 5.41) is 9.79. The van der Waals surface area contributed by atoms with Crippen molar-refractivity contribution in [2.45, 2.75) is 20.3 Å². The highest BCUT2D eigenvalue weighted by Crippen LogP contribution is 1.94. The summed E-state index contributed by atoms with van der Waals surface area (Å²) in [7, 11) is 0. The van der Waals surface area contributed by atoms with Crippen LogP contribution in [-0.4, -0.2) is 0 Å². The van der Waals surface area contributed by atoms with E-state index in [1.54, 1.807) is 6.08 Å². The van der Waals surface area contributed by atoms with Gasteiger partial charge in [-0.25, -0.2) is 0 Å². The average Bonchev–Trinajstić information content (AvgIpc) is 1.68. The van der Waals surface area contributed by atoms with Crippen molar-refractivity contribution in [1.29, 1.82) is 0 Å². The maximum absolute atomic E-state index is 9.79. The monoisotopic (exact) mass is 111 g/mol. The molecule has 0 aliphatic carbocycles. The second-order valence-electron chi connectivity index (χ2n) is 1.66. The van der Waals surface area contributed by atoms with Crippen molar-refractivity contribution in [1.82, 2.24) is 0 Å². The van der Waals surface area contributed by atoms with Crippen LogP contribution in [0.2, 0.25) is 0 Å². The van der Waals surface area contributed by atoms with Crippen molar-refractivity contribution < 1.29 is 5.11 Å². The van der Waals surface area contributed by atoms with Crippen LogP contribution in [-0.2, 0) is 5.11 Å². The van der Waals surface area contributed by atoms with Gasteiger partial charge in [0.15, 0.2) is 0 Å². The van der Waals surface area contributed by atoms with Crippen molar-refractivity contribution in [3.05, 3.63) is 24.0 Å². The van der Waals surface area contributed by atoms with Gasteiger partial charge in [-0.05, 0) is 19.4 Å². The summed E-state index contributed by atoms with van der Waals surface area (Å²) in [5.41, 5.74) is 1.04. The normalized spacial score (nSPS) is 13.0. The van der Waals surface area contributed by atoms with Gasteiger partial charge in [0, 0.05) is 0 Å². The van der Waals surface area contributed by atoms with Gasteiger partial charge in [0.1, 0.15) is 6.26 Å². The van der Waals surface area contributed by atoms with E-state index >= 15 is 0 Å². The predicted molar refractivity (Wildman–Crippen MR) is 33.9 cm³/mol. The Morgan fingerprint density at radius 1 is 1.62 bits per heavy atom. The van der Waals surface area contributed by atoms with Crippen LogP contribution in [0.1, 0.15) is 20.3 Å². The standard InChI is InChI=1S/C7H11O/c1-3-4-7(2)5-6-8/h4-6H,3H2,1-2H3/b6-5+,7-4+. The zero-order valence-electron chi connectivity index (χ0n) is 5.35. The number of allylic oxidation sites excluding steroid dienone is 3. The smallest absolute Gasteiger partial charge is 0.143 e. The quantitative estimate of drug-likeness (QED) is 0.385. The van der Waals surface area contributed by atoms with Gasteiger partial charge in [-0.2, -0.15) is 0 Å². The Morgan fingerprint density at radius 2 is 2.25 bits per heavy atom. The van der Waals surface area contributed by atoms with Crippen LogP contribution in [0.15, 0.2) is 24.0 Å². The van der Waals surface area contributed by atoms with Crippen molar-refractivity contribution in [3.63, 3.8) is 0 Å². The van der Waals surface area contributed by atoms with Crippen molar-refractivity contribution >= 4 is 0 Å². The van der Waals surface area contributed by atoms with E-state index in [4.69, 9.17) is 0 Å². The highest BCUT2D eigenvalue weighted by molar-refractivity contribution is 5.13. The SMILES string of the molecule is CC/C=C(C)/C=C/[O]. The summed E-state index contributed by atoms with van der Waals surface area (Å²) >= 11 is 0. The first kappa shape index (κ1) is 7.28. The molecule has 0 bridgehead atoms. The second kappa shape index (κ2) is 4.44. The summed E-state index contributed by atoms with van der Waals surface area (Å²) in [5.74, 6) is 0. The third kappa shape index (κ3) is 3.47. The number of rotatable bonds is 2. The molecule has 0 aromatic carbocycles. The predicted octanol–water partition coefficient (Wildman–Crippen LogP) is 2.29. The highest BCUT2D eigenvalue weighted by atomic mass is 16.2. The first-order valence-corrected chi connectivity index (χ1v) is 2.76. The van der Waals surface area contributed by atoms with Gasteiger partial charge in [-0.1, -0.05) is 18.6 Å². The van der Waals surface area contributed by atoms with E-state index in [2.05, 4.69) is 0 Å².